The van der Waals surface area contributed by atoms with E-state index in [2.05, 4.69) is 45.9 Å². The van der Waals surface area contributed by atoms with Gasteiger partial charge in [-0.15, -0.1) is 0 Å². The van der Waals surface area contributed by atoms with E-state index in [1.807, 2.05) is 0 Å². The van der Waals surface area contributed by atoms with Crippen LogP contribution in [0.5, 0.6) is 0 Å². The van der Waals surface area contributed by atoms with Gasteiger partial charge in [-0.3, -0.25) is 0 Å². The molecule has 12 heavy (non-hydrogen) atoms. The number of hydrogen-bond donors (Lipinski definition) is 0. The van der Waals surface area contributed by atoms with Gasteiger partial charge in [-0.1, -0.05) is 45.9 Å². The van der Waals surface area contributed by atoms with Crippen LogP contribution in [-0.4, -0.2) is 18.9 Å². The first-order valence-corrected chi connectivity index (χ1v) is 4.37. The first-order chi connectivity index (χ1) is 5.11. The third-order valence-corrected chi connectivity index (χ3v) is 2.13. The Morgan fingerprint density at radius 2 is 1.50 bits per heavy atom. The summed E-state index contributed by atoms with van der Waals surface area (Å²) < 4.78 is 0. The second-order valence-corrected chi connectivity index (χ2v) is 3.79. The van der Waals surface area contributed by atoms with Crippen molar-refractivity contribution >= 4 is 18.9 Å². The van der Waals surface area contributed by atoms with Crippen LogP contribution in [0.3, 0.4) is 0 Å². The summed E-state index contributed by atoms with van der Waals surface area (Å²) in [4.78, 5) is 0. The minimum absolute atomic E-state index is 0. The van der Waals surface area contributed by atoms with Crippen LogP contribution in [0, 0.1) is 17.8 Å². The summed E-state index contributed by atoms with van der Waals surface area (Å²) in [5.41, 5.74) is 1.47. The molecule has 0 aliphatic heterocycles. The predicted octanol–water partition coefficient (Wildman–Crippen LogP) is 2.72. The molecule has 0 aromatic rings. The number of allylic oxidation sites excluding steroid dienone is 4. The Morgan fingerprint density at radius 3 is 1.75 bits per heavy atom. The zero-order valence-corrected chi connectivity index (χ0v) is 7.89. The Kier molecular flexibility index (Phi) is 4.98. The second kappa shape index (κ2) is 4.95. The van der Waals surface area contributed by atoms with Gasteiger partial charge in [-0.2, -0.15) is 0 Å². The normalized spacial score (nSPS) is 17.0. The molecule has 1 rings (SSSR count). The molecule has 0 spiro atoms. The molecule has 1 aliphatic carbocycles. The zero-order chi connectivity index (χ0) is 8.43. The van der Waals surface area contributed by atoms with Gasteiger partial charge in [-0.25, -0.2) is 0 Å². The van der Waals surface area contributed by atoms with Crippen molar-refractivity contribution in [2.45, 2.75) is 27.7 Å². The van der Waals surface area contributed by atoms with E-state index in [0.29, 0.717) is 11.8 Å². The van der Waals surface area contributed by atoms with Gasteiger partial charge in [0.2, 0.25) is 0 Å². The summed E-state index contributed by atoms with van der Waals surface area (Å²) in [6.07, 6.45) is 6.79. The van der Waals surface area contributed by atoms with Crippen LogP contribution in [0.15, 0.2) is 23.8 Å². The monoisotopic (exact) mass is 157 g/mol. The summed E-state index contributed by atoms with van der Waals surface area (Å²) in [5, 5.41) is 0. The molecule has 1 heteroatoms. The summed E-state index contributed by atoms with van der Waals surface area (Å²) >= 11 is 0. The van der Waals surface area contributed by atoms with Crippen LogP contribution in [0.25, 0.3) is 0 Å². The van der Waals surface area contributed by atoms with Gasteiger partial charge in [0, 0.05) is 5.92 Å². The first kappa shape index (κ1) is 12.1. The Hall–Kier alpha value is 0.0774. The van der Waals surface area contributed by atoms with Gasteiger partial charge in [0.15, 0.2) is 0 Å². The molecule has 1 aliphatic rings. The molecule has 0 N–H and O–H groups in total. The summed E-state index contributed by atoms with van der Waals surface area (Å²) in [7, 11) is 0. The van der Waals surface area contributed by atoms with E-state index in [1.54, 1.807) is 0 Å². The molecule has 0 aromatic heterocycles. The summed E-state index contributed by atoms with van der Waals surface area (Å²) in [6, 6.07) is 0. The third-order valence-electron chi connectivity index (χ3n) is 2.13. The fourth-order valence-electron chi connectivity index (χ4n) is 1.20. The molecule has 0 nitrogen and oxygen atoms in total. The van der Waals surface area contributed by atoms with E-state index in [0.717, 1.165) is 0 Å². The molecule has 0 atom stereocenters. The SMILES string of the molecule is CC(C)[C]1C=CC(C(C)C)=C1.[LiH]. The zero-order valence-electron chi connectivity index (χ0n) is 7.89. The second-order valence-electron chi connectivity index (χ2n) is 3.79. The minimum atomic E-state index is 0. The quantitative estimate of drug-likeness (QED) is 0.541. The molecule has 0 amide bonds. The van der Waals surface area contributed by atoms with Gasteiger partial charge in [0.25, 0.3) is 0 Å². The molecule has 0 heterocycles. The van der Waals surface area contributed by atoms with Crippen LogP contribution in [0.4, 0.5) is 0 Å². The number of rotatable bonds is 2. The Labute approximate surface area is 88.3 Å². The average molecular weight is 157 g/mol. The van der Waals surface area contributed by atoms with Crippen LogP contribution < -0.4 is 0 Å². The fourth-order valence-corrected chi connectivity index (χ4v) is 1.20. The Bertz CT molecular complexity index is 187. The third kappa shape index (κ3) is 2.85. The molecule has 0 fully saturated rings. The van der Waals surface area contributed by atoms with Crippen molar-refractivity contribution in [1.29, 1.82) is 0 Å². The van der Waals surface area contributed by atoms with Gasteiger partial charge < -0.3 is 0 Å². The molecule has 1 radical (unpaired) electrons. The molecular formula is C11H18Li. The van der Waals surface area contributed by atoms with Crippen LogP contribution in [0.1, 0.15) is 27.7 Å². The summed E-state index contributed by atoms with van der Waals surface area (Å²) in [6.45, 7) is 8.94. The Morgan fingerprint density at radius 1 is 0.917 bits per heavy atom. The van der Waals surface area contributed by atoms with Gasteiger partial charge in [-0.05, 0) is 17.4 Å². The van der Waals surface area contributed by atoms with E-state index in [1.165, 1.54) is 11.5 Å². The number of hydrogen-bond acceptors (Lipinski definition) is 0. The van der Waals surface area contributed by atoms with Crippen LogP contribution in [0.2, 0.25) is 0 Å². The van der Waals surface area contributed by atoms with Crippen LogP contribution >= 0.6 is 0 Å². The molecule has 0 unspecified atom stereocenters. The van der Waals surface area contributed by atoms with E-state index < -0.39 is 0 Å². The summed E-state index contributed by atoms with van der Waals surface area (Å²) in [5.74, 6) is 2.80. The van der Waals surface area contributed by atoms with Crippen molar-refractivity contribution in [1.82, 2.24) is 0 Å². The van der Waals surface area contributed by atoms with Gasteiger partial charge in [0.1, 0.15) is 0 Å². The topological polar surface area (TPSA) is 0 Å². The molecule has 0 saturated carbocycles. The molecule has 63 valence electrons. The maximum absolute atomic E-state index is 2.31. The van der Waals surface area contributed by atoms with E-state index in [-0.39, 0.29) is 18.9 Å². The van der Waals surface area contributed by atoms with Crippen molar-refractivity contribution in [2.75, 3.05) is 0 Å². The van der Waals surface area contributed by atoms with Gasteiger partial charge >= 0.3 is 18.9 Å². The van der Waals surface area contributed by atoms with E-state index in [9.17, 15) is 0 Å². The van der Waals surface area contributed by atoms with Crippen molar-refractivity contribution in [3.05, 3.63) is 29.7 Å². The molecule has 0 aromatic carbocycles. The fraction of sp³-hybridized carbons (Fsp3) is 0.545. The van der Waals surface area contributed by atoms with Crippen molar-refractivity contribution in [3.63, 3.8) is 0 Å². The van der Waals surface area contributed by atoms with Crippen molar-refractivity contribution < 1.29 is 0 Å². The van der Waals surface area contributed by atoms with Crippen molar-refractivity contribution in [2.24, 2.45) is 11.8 Å². The standard InChI is InChI=1S/C11H17.Li.H/c1-8(2)10-5-6-11(7-10)9(3)4;;/h5-9H,1-4H3;;. The van der Waals surface area contributed by atoms with E-state index >= 15 is 0 Å². The van der Waals surface area contributed by atoms with E-state index in [4.69, 9.17) is 0 Å². The first-order valence-electron chi connectivity index (χ1n) is 4.37. The van der Waals surface area contributed by atoms with Crippen LogP contribution in [-0.2, 0) is 0 Å². The van der Waals surface area contributed by atoms with Gasteiger partial charge in [0.05, 0.1) is 0 Å². The maximum atomic E-state index is 2.31. The average Bonchev–Trinajstić information content (AvgIpc) is 2.33. The Balaban J connectivity index is 0.00000121. The molecule has 0 saturated heterocycles. The van der Waals surface area contributed by atoms with Crippen molar-refractivity contribution in [3.8, 4) is 0 Å². The predicted molar refractivity (Wildman–Crippen MR) is 57.3 cm³/mol. The molecule has 0 bridgehead atoms. The molecular weight excluding hydrogens is 139 g/mol.